The first-order valence-corrected chi connectivity index (χ1v) is 7.76. The van der Waals surface area contributed by atoms with Crippen molar-refractivity contribution in [1.82, 2.24) is 0 Å². The van der Waals surface area contributed by atoms with Crippen molar-refractivity contribution < 1.29 is 0 Å². The predicted molar refractivity (Wildman–Crippen MR) is 80.0 cm³/mol. The molecule has 0 aromatic rings. The van der Waals surface area contributed by atoms with Crippen LogP contribution in [0.5, 0.6) is 0 Å². The molecular formula is C18H28. The highest BCUT2D eigenvalue weighted by atomic mass is 14.3. The van der Waals surface area contributed by atoms with E-state index in [9.17, 15) is 0 Å². The molecule has 0 heteroatoms. The van der Waals surface area contributed by atoms with Gasteiger partial charge in [-0.15, -0.1) is 13.2 Å². The first-order valence-electron chi connectivity index (χ1n) is 7.76. The maximum Gasteiger partial charge on any atom is -0.00299 e. The monoisotopic (exact) mass is 244 g/mol. The normalized spacial score (nSPS) is 25.1. The molecule has 0 spiro atoms. The van der Waals surface area contributed by atoms with Crippen LogP contribution in [0, 0.1) is 23.7 Å². The van der Waals surface area contributed by atoms with Crippen LogP contribution in [0.3, 0.4) is 0 Å². The lowest BCUT2D eigenvalue weighted by Crippen LogP contribution is -2.23. The smallest absolute Gasteiger partial charge is 0.00299 e. The first kappa shape index (κ1) is 13.9. The Morgan fingerprint density at radius 2 is 1.61 bits per heavy atom. The summed E-state index contributed by atoms with van der Waals surface area (Å²) >= 11 is 0. The van der Waals surface area contributed by atoms with Crippen LogP contribution in [-0.4, -0.2) is 0 Å². The van der Waals surface area contributed by atoms with E-state index in [1.165, 1.54) is 64.2 Å². The molecule has 2 rings (SSSR count). The van der Waals surface area contributed by atoms with E-state index in [-0.39, 0.29) is 0 Å². The average Bonchev–Trinajstić information content (AvgIpc) is 2.46. The van der Waals surface area contributed by atoms with Gasteiger partial charge in [-0.3, -0.25) is 0 Å². The molecule has 0 amide bonds. The molecular weight excluding hydrogens is 216 g/mol. The standard InChI is InChI=1S/C18H28/c1-3-5-6-16-9-13-18(14-10-16)17-11-7-15(4-2)8-12-17/h3-4,16-17H,1-2,5-14H2. The van der Waals surface area contributed by atoms with E-state index in [0.29, 0.717) is 0 Å². The molecule has 2 aliphatic carbocycles. The van der Waals surface area contributed by atoms with Gasteiger partial charge in [0.25, 0.3) is 0 Å². The van der Waals surface area contributed by atoms with Gasteiger partial charge in [-0.25, -0.2) is 0 Å². The molecule has 0 nitrogen and oxygen atoms in total. The van der Waals surface area contributed by atoms with Crippen LogP contribution in [-0.2, 0) is 0 Å². The van der Waals surface area contributed by atoms with Crippen LogP contribution < -0.4 is 0 Å². The van der Waals surface area contributed by atoms with Crippen molar-refractivity contribution in [1.29, 1.82) is 0 Å². The number of hydrogen-bond donors (Lipinski definition) is 0. The van der Waals surface area contributed by atoms with Crippen molar-refractivity contribution in [3.63, 3.8) is 0 Å². The highest BCUT2D eigenvalue weighted by molar-refractivity contribution is 5.12. The van der Waals surface area contributed by atoms with Crippen molar-refractivity contribution >= 4 is 0 Å². The Kier molecular flexibility index (Phi) is 5.53. The molecule has 0 N–H and O–H groups in total. The van der Waals surface area contributed by atoms with E-state index < -0.39 is 0 Å². The fraction of sp³-hybridized carbons (Fsp3) is 0.667. The topological polar surface area (TPSA) is 0 Å². The van der Waals surface area contributed by atoms with Crippen molar-refractivity contribution in [2.24, 2.45) is 11.8 Å². The van der Waals surface area contributed by atoms with Crippen LogP contribution >= 0.6 is 0 Å². The molecule has 0 aliphatic heterocycles. The lowest BCUT2D eigenvalue weighted by atomic mass is 9.69. The summed E-state index contributed by atoms with van der Waals surface area (Å²) in [4.78, 5) is 0. The number of hydrogen-bond acceptors (Lipinski definition) is 0. The molecule has 0 bridgehead atoms. The van der Waals surface area contributed by atoms with Crippen molar-refractivity contribution in [3.05, 3.63) is 37.1 Å². The molecule has 18 heavy (non-hydrogen) atoms. The first-order chi connectivity index (χ1) is 8.83. The Morgan fingerprint density at radius 3 is 2.17 bits per heavy atom. The van der Waals surface area contributed by atoms with Gasteiger partial charge >= 0.3 is 0 Å². The third kappa shape index (κ3) is 3.73. The Balaban J connectivity index is 1.70. The van der Waals surface area contributed by atoms with Gasteiger partial charge in [-0.05, 0) is 87.9 Å². The maximum atomic E-state index is 3.91. The minimum Gasteiger partial charge on any atom is -0.103 e. The molecule has 0 aromatic heterocycles. The summed E-state index contributed by atoms with van der Waals surface area (Å²) in [7, 11) is 0. The van der Waals surface area contributed by atoms with Gasteiger partial charge in [0, 0.05) is 0 Å². The molecule has 2 aliphatic rings. The fourth-order valence-corrected chi connectivity index (χ4v) is 3.70. The second-order valence-electron chi connectivity index (χ2n) is 6.10. The molecule has 0 saturated heterocycles. The molecule has 2 saturated carbocycles. The lowest BCUT2D eigenvalue weighted by Gasteiger charge is -2.36. The molecule has 0 atom stereocenters. The summed E-state index contributed by atoms with van der Waals surface area (Å²) in [5, 5.41) is 0. The van der Waals surface area contributed by atoms with Gasteiger partial charge in [0.2, 0.25) is 0 Å². The molecule has 2 fully saturated rings. The van der Waals surface area contributed by atoms with E-state index in [4.69, 9.17) is 0 Å². The second kappa shape index (κ2) is 7.16. The highest BCUT2D eigenvalue weighted by Crippen LogP contribution is 2.44. The average molecular weight is 244 g/mol. The molecule has 2 radical (unpaired) electrons. The largest absolute Gasteiger partial charge is 0.103 e. The fourth-order valence-electron chi connectivity index (χ4n) is 3.70. The summed E-state index contributed by atoms with van der Waals surface area (Å²) in [5.74, 6) is 5.40. The van der Waals surface area contributed by atoms with E-state index in [1.54, 1.807) is 5.92 Å². The zero-order chi connectivity index (χ0) is 12.8. The summed E-state index contributed by atoms with van der Waals surface area (Å²) < 4.78 is 0. The van der Waals surface area contributed by atoms with Gasteiger partial charge in [0.1, 0.15) is 0 Å². The third-order valence-electron chi connectivity index (χ3n) is 5.02. The van der Waals surface area contributed by atoms with Gasteiger partial charge < -0.3 is 0 Å². The molecule has 0 aromatic carbocycles. The third-order valence-corrected chi connectivity index (χ3v) is 5.02. The van der Waals surface area contributed by atoms with Crippen molar-refractivity contribution in [3.8, 4) is 0 Å². The Hall–Kier alpha value is -0.520. The van der Waals surface area contributed by atoms with Crippen LogP contribution in [0.2, 0.25) is 0 Å². The zero-order valence-electron chi connectivity index (χ0n) is 11.8. The van der Waals surface area contributed by atoms with Gasteiger partial charge in [-0.1, -0.05) is 12.2 Å². The van der Waals surface area contributed by atoms with Crippen LogP contribution in [0.4, 0.5) is 0 Å². The zero-order valence-corrected chi connectivity index (χ0v) is 11.8. The Labute approximate surface area is 114 Å². The maximum absolute atomic E-state index is 3.91. The minimum atomic E-state index is 0.939. The van der Waals surface area contributed by atoms with Crippen molar-refractivity contribution in [2.75, 3.05) is 0 Å². The minimum absolute atomic E-state index is 0.939. The molecule has 100 valence electrons. The summed E-state index contributed by atoms with van der Waals surface area (Å²) in [6.45, 7) is 7.74. The summed E-state index contributed by atoms with van der Waals surface area (Å²) in [6.07, 6.45) is 17.9. The van der Waals surface area contributed by atoms with E-state index in [0.717, 1.165) is 11.8 Å². The van der Waals surface area contributed by atoms with Gasteiger partial charge in [-0.2, -0.15) is 0 Å². The van der Waals surface area contributed by atoms with E-state index >= 15 is 0 Å². The van der Waals surface area contributed by atoms with Gasteiger partial charge in [0.15, 0.2) is 0 Å². The number of rotatable bonds is 5. The quantitative estimate of drug-likeness (QED) is 0.547. The summed E-state index contributed by atoms with van der Waals surface area (Å²) in [5.41, 5.74) is 0. The van der Waals surface area contributed by atoms with Crippen molar-refractivity contribution in [2.45, 2.75) is 64.2 Å². The Bertz CT molecular complexity index is 249. The number of allylic oxidation sites excluding steroid dienone is 2. The van der Waals surface area contributed by atoms with E-state index in [2.05, 4.69) is 25.3 Å². The van der Waals surface area contributed by atoms with Crippen LogP contribution in [0.1, 0.15) is 64.2 Å². The van der Waals surface area contributed by atoms with E-state index in [1.807, 2.05) is 5.92 Å². The second-order valence-corrected chi connectivity index (χ2v) is 6.10. The Morgan fingerprint density at radius 1 is 0.944 bits per heavy atom. The SMILES string of the molecule is C=CCCC1CC[C](C2CC[C](C=C)CC2)CC1. The van der Waals surface area contributed by atoms with Crippen LogP contribution in [0.25, 0.3) is 0 Å². The van der Waals surface area contributed by atoms with Crippen LogP contribution in [0.15, 0.2) is 25.3 Å². The molecule has 0 heterocycles. The lowest BCUT2D eigenvalue weighted by molar-refractivity contribution is 0.289. The summed E-state index contributed by atoms with van der Waals surface area (Å²) in [6, 6.07) is 0. The highest BCUT2D eigenvalue weighted by Gasteiger charge is 2.30. The predicted octanol–water partition coefficient (Wildman–Crippen LogP) is 5.67. The van der Waals surface area contributed by atoms with Gasteiger partial charge in [0.05, 0.1) is 0 Å². The molecule has 0 unspecified atom stereocenters.